The van der Waals surface area contributed by atoms with Gasteiger partial charge in [-0.1, -0.05) is 22.0 Å². The third kappa shape index (κ3) is 4.53. The van der Waals surface area contributed by atoms with Crippen LogP contribution in [0.15, 0.2) is 22.7 Å². The van der Waals surface area contributed by atoms with Crippen LogP contribution in [0.3, 0.4) is 0 Å². The average molecular weight is 330 g/mol. The lowest BCUT2D eigenvalue weighted by Crippen LogP contribution is -2.42. The zero-order valence-electron chi connectivity index (χ0n) is 10.6. The topological polar surface area (TPSA) is 107 Å². The third-order valence-electron chi connectivity index (χ3n) is 2.39. The minimum absolute atomic E-state index is 0.241. The van der Waals surface area contributed by atoms with Gasteiger partial charge in [0.25, 0.3) is 5.91 Å². The van der Waals surface area contributed by atoms with Gasteiger partial charge in [-0.25, -0.2) is 4.79 Å². The molecule has 0 aliphatic carbocycles. The van der Waals surface area contributed by atoms with Gasteiger partial charge in [0.05, 0.1) is 0 Å². The van der Waals surface area contributed by atoms with Crippen LogP contribution in [-0.2, 0) is 4.79 Å². The fourth-order valence-corrected chi connectivity index (χ4v) is 1.79. The smallest absolute Gasteiger partial charge is 0.318 e. The van der Waals surface area contributed by atoms with Crippen molar-refractivity contribution in [3.63, 3.8) is 0 Å². The summed E-state index contributed by atoms with van der Waals surface area (Å²) in [5.41, 5.74) is 11.5. The monoisotopic (exact) mass is 329 g/mol. The van der Waals surface area contributed by atoms with E-state index >= 15 is 0 Å². The molecular weight excluding hydrogens is 314 g/mol. The molecule has 0 bridgehead atoms. The van der Waals surface area contributed by atoms with E-state index in [2.05, 4.69) is 15.9 Å². The maximum Gasteiger partial charge on any atom is 0.318 e. The molecular formula is C12H16BrN3O3. The molecule has 5 N–H and O–H groups in total. The molecule has 1 aromatic rings. The summed E-state index contributed by atoms with van der Waals surface area (Å²) in [7, 11) is 0. The zero-order valence-corrected chi connectivity index (χ0v) is 12.2. The van der Waals surface area contributed by atoms with Crippen LogP contribution in [-0.4, -0.2) is 18.0 Å². The fraction of sp³-hybridized carbons (Fsp3) is 0.333. The third-order valence-corrected chi connectivity index (χ3v) is 2.88. The van der Waals surface area contributed by atoms with E-state index in [-0.39, 0.29) is 6.04 Å². The summed E-state index contributed by atoms with van der Waals surface area (Å²) in [6.07, 6.45) is -0.862. The van der Waals surface area contributed by atoms with Crippen molar-refractivity contribution in [2.24, 2.45) is 11.5 Å². The van der Waals surface area contributed by atoms with E-state index in [0.29, 0.717) is 5.75 Å². The molecule has 7 heteroatoms. The molecule has 6 nitrogen and oxygen atoms in total. The second-order valence-electron chi connectivity index (χ2n) is 4.08. The minimum atomic E-state index is -0.915. The Morgan fingerprint density at radius 1 is 1.37 bits per heavy atom. The number of benzene rings is 1. The number of nitrogens with one attached hydrogen (secondary N) is 1. The molecule has 0 radical (unpaired) electrons. The van der Waals surface area contributed by atoms with Crippen LogP contribution >= 0.6 is 15.9 Å². The van der Waals surface area contributed by atoms with Crippen LogP contribution in [0.2, 0.25) is 0 Å². The number of carbonyl (C=O) groups excluding carboxylic acids is 2. The second-order valence-corrected chi connectivity index (χ2v) is 5.00. The van der Waals surface area contributed by atoms with Crippen molar-refractivity contribution in [2.45, 2.75) is 26.0 Å². The van der Waals surface area contributed by atoms with E-state index in [0.717, 1.165) is 10.0 Å². The summed E-state index contributed by atoms with van der Waals surface area (Å²) >= 11 is 3.32. The normalized spacial score (nSPS) is 13.5. The average Bonchev–Trinajstić information content (AvgIpc) is 2.27. The number of carbonyl (C=O) groups is 2. The molecule has 0 heterocycles. The predicted molar refractivity (Wildman–Crippen MR) is 74.6 cm³/mol. The molecule has 1 rings (SSSR count). The van der Waals surface area contributed by atoms with E-state index in [1.807, 2.05) is 24.4 Å². The number of nitrogens with two attached hydrogens (primary N) is 2. The fourth-order valence-electron chi connectivity index (χ4n) is 1.45. The number of halogens is 1. The highest BCUT2D eigenvalue weighted by atomic mass is 79.9. The Bertz CT molecular complexity index is 491. The lowest BCUT2D eigenvalue weighted by atomic mass is 10.1. The van der Waals surface area contributed by atoms with Crippen molar-refractivity contribution in [3.8, 4) is 5.75 Å². The molecule has 1 aromatic carbocycles. The molecule has 1 unspecified atom stereocenters. The molecule has 0 saturated heterocycles. The van der Waals surface area contributed by atoms with Gasteiger partial charge in [0, 0.05) is 16.1 Å². The van der Waals surface area contributed by atoms with E-state index < -0.39 is 18.0 Å². The number of imide groups is 1. The maximum atomic E-state index is 11.5. The van der Waals surface area contributed by atoms with Gasteiger partial charge in [-0.05, 0) is 26.0 Å². The van der Waals surface area contributed by atoms with Crippen LogP contribution in [0.5, 0.6) is 5.75 Å². The van der Waals surface area contributed by atoms with Crippen LogP contribution in [0.25, 0.3) is 0 Å². The van der Waals surface area contributed by atoms with Crippen LogP contribution < -0.4 is 21.5 Å². The summed E-state index contributed by atoms with van der Waals surface area (Å²) in [6.45, 7) is 3.33. The first-order valence-electron chi connectivity index (χ1n) is 5.63. The molecule has 3 amide bonds. The molecule has 0 aliphatic heterocycles. The number of primary amides is 1. The Labute approximate surface area is 119 Å². The van der Waals surface area contributed by atoms with Gasteiger partial charge in [-0.3, -0.25) is 10.1 Å². The molecule has 0 fully saturated rings. The van der Waals surface area contributed by atoms with Gasteiger partial charge < -0.3 is 16.2 Å². The Kier molecular flexibility index (Phi) is 5.31. The van der Waals surface area contributed by atoms with Crippen molar-refractivity contribution in [1.82, 2.24) is 5.32 Å². The van der Waals surface area contributed by atoms with Crippen molar-refractivity contribution in [2.75, 3.05) is 0 Å². The molecule has 2 atom stereocenters. The van der Waals surface area contributed by atoms with E-state index in [1.165, 1.54) is 6.92 Å². The first-order chi connectivity index (χ1) is 8.81. The Hall–Kier alpha value is -1.60. The first-order valence-corrected chi connectivity index (χ1v) is 6.42. The highest BCUT2D eigenvalue weighted by Crippen LogP contribution is 2.28. The number of hydrogen-bond acceptors (Lipinski definition) is 4. The number of hydrogen-bond donors (Lipinski definition) is 3. The molecule has 104 valence electrons. The maximum absolute atomic E-state index is 11.5. The van der Waals surface area contributed by atoms with Crippen molar-refractivity contribution >= 4 is 27.9 Å². The van der Waals surface area contributed by atoms with Crippen LogP contribution in [0.1, 0.15) is 25.5 Å². The van der Waals surface area contributed by atoms with Crippen LogP contribution in [0.4, 0.5) is 4.79 Å². The van der Waals surface area contributed by atoms with E-state index in [1.54, 1.807) is 6.07 Å². The number of urea groups is 1. The second kappa shape index (κ2) is 6.53. The molecule has 0 saturated carbocycles. The number of amides is 3. The summed E-state index contributed by atoms with van der Waals surface area (Å²) < 4.78 is 6.32. The number of rotatable bonds is 4. The van der Waals surface area contributed by atoms with Gasteiger partial charge in [0.1, 0.15) is 5.75 Å². The summed E-state index contributed by atoms with van der Waals surface area (Å²) in [5.74, 6) is -0.125. The highest BCUT2D eigenvalue weighted by Gasteiger charge is 2.18. The summed E-state index contributed by atoms with van der Waals surface area (Å²) in [5, 5.41) is 1.96. The number of ether oxygens (including phenoxy) is 1. The lowest BCUT2D eigenvalue weighted by molar-refractivity contribution is -0.126. The van der Waals surface area contributed by atoms with Gasteiger partial charge in [-0.2, -0.15) is 0 Å². The standard InChI is InChI=1S/C12H16BrN3O3/c1-6(14)9-4-3-8(13)5-10(9)19-7(2)11(17)16-12(15)18/h3-7H,14H2,1-2H3,(H3,15,16,17,18)/t6-,7?/m0/s1. The Morgan fingerprint density at radius 3 is 2.53 bits per heavy atom. The molecule has 0 aromatic heterocycles. The first kappa shape index (κ1) is 15.5. The van der Waals surface area contributed by atoms with Gasteiger partial charge >= 0.3 is 6.03 Å². The zero-order chi connectivity index (χ0) is 14.6. The predicted octanol–water partition coefficient (Wildman–Crippen LogP) is 1.43. The van der Waals surface area contributed by atoms with Crippen molar-refractivity contribution < 1.29 is 14.3 Å². The van der Waals surface area contributed by atoms with Gasteiger partial charge in [0.15, 0.2) is 6.10 Å². The van der Waals surface area contributed by atoms with Crippen molar-refractivity contribution in [3.05, 3.63) is 28.2 Å². The molecule has 0 aliphatic rings. The SMILES string of the molecule is CC(Oc1cc(Br)ccc1[C@H](C)N)C(=O)NC(N)=O. The quantitative estimate of drug-likeness (QED) is 0.776. The minimum Gasteiger partial charge on any atom is -0.480 e. The largest absolute Gasteiger partial charge is 0.480 e. The summed E-state index contributed by atoms with van der Waals surface area (Å²) in [4.78, 5) is 22.1. The Morgan fingerprint density at radius 2 is 2.00 bits per heavy atom. The Balaban J connectivity index is 2.89. The van der Waals surface area contributed by atoms with Gasteiger partial charge in [-0.15, -0.1) is 0 Å². The molecule has 19 heavy (non-hydrogen) atoms. The van der Waals surface area contributed by atoms with Crippen molar-refractivity contribution in [1.29, 1.82) is 0 Å². The molecule has 0 spiro atoms. The van der Waals surface area contributed by atoms with Gasteiger partial charge in [0.2, 0.25) is 0 Å². The van der Waals surface area contributed by atoms with E-state index in [9.17, 15) is 9.59 Å². The highest BCUT2D eigenvalue weighted by molar-refractivity contribution is 9.10. The van der Waals surface area contributed by atoms with E-state index in [4.69, 9.17) is 16.2 Å². The lowest BCUT2D eigenvalue weighted by Gasteiger charge is -2.18. The summed E-state index contributed by atoms with van der Waals surface area (Å²) in [6, 6.07) is 4.20. The van der Waals surface area contributed by atoms with Crippen LogP contribution in [0, 0.1) is 0 Å².